The molecular formula is C7H12FNO2. The fourth-order valence-corrected chi connectivity index (χ4v) is 1.38. The molecule has 3 nitrogen and oxygen atoms in total. The standard InChI is InChI=1S/C7H12FNO2/c1-4-7(8)6(11)3-9(4)5(2)10/h4,6-7,11H,3H2,1-2H3/t4-,6-,7+/m1/s1. The molecule has 0 saturated carbocycles. The van der Waals surface area contributed by atoms with E-state index in [0.29, 0.717) is 0 Å². The van der Waals surface area contributed by atoms with Crippen molar-refractivity contribution in [1.29, 1.82) is 0 Å². The summed E-state index contributed by atoms with van der Waals surface area (Å²) in [5.74, 6) is -0.184. The monoisotopic (exact) mass is 161 g/mol. The maximum Gasteiger partial charge on any atom is 0.219 e. The van der Waals surface area contributed by atoms with Crippen LogP contribution in [0.15, 0.2) is 0 Å². The molecule has 3 atom stereocenters. The summed E-state index contributed by atoms with van der Waals surface area (Å²) < 4.78 is 12.9. The van der Waals surface area contributed by atoms with Gasteiger partial charge < -0.3 is 10.0 Å². The van der Waals surface area contributed by atoms with Gasteiger partial charge in [0.1, 0.15) is 12.3 Å². The summed E-state index contributed by atoms with van der Waals surface area (Å²) in [7, 11) is 0. The summed E-state index contributed by atoms with van der Waals surface area (Å²) in [5, 5.41) is 9.02. The Labute approximate surface area is 64.8 Å². The van der Waals surface area contributed by atoms with Crippen molar-refractivity contribution in [3.05, 3.63) is 0 Å². The maximum atomic E-state index is 12.9. The number of amides is 1. The van der Waals surface area contributed by atoms with E-state index in [-0.39, 0.29) is 12.5 Å². The number of nitrogens with zero attached hydrogens (tertiary/aromatic N) is 1. The predicted molar refractivity (Wildman–Crippen MR) is 37.8 cm³/mol. The van der Waals surface area contributed by atoms with Crippen molar-refractivity contribution in [2.24, 2.45) is 0 Å². The van der Waals surface area contributed by atoms with E-state index in [2.05, 4.69) is 0 Å². The van der Waals surface area contributed by atoms with Crippen LogP contribution in [0.3, 0.4) is 0 Å². The second-order valence-electron chi connectivity index (χ2n) is 2.92. The zero-order valence-corrected chi connectivity index (χ0v) is 6.62. The minimum absolute atomic E-state index is 0.123. The molecule has 0 bridgehead atoms. The third kappa shape index (κ3) is 1.35. The minimum Gasteiger partial charge on any atom is -0.388 e. The molecule has 1 saturated heterocycles. The van der Waals surface area contributed by atoms with Crippen molar-refractivity contribution in [3.8, 4) is 0 Å². The number of halogens is 1. The summed E-state index contributed by atoms with van der Waals surface area (Å²) in [6.07, 6.45) is -2.30. The molecule has 1 aliphatic rings. The van der Waals surface area contributed by atoms with Gasteiger partial charge in [-0.25, -0.2) is 4.39 Å². The highest BCUT2D eigenvalue weighted by molar-refractivity contribution is 5.74. The average Bonchev–Trinajstić information content (AvgIpc) is 2.17. The van der Waals surface area contributed by atoms with Gasteiger partial charge in [-0.05, 0) is 6.92 Å². The van der Waals surface area contributed by atoms with Crippen LogP contribution in [0.4, 0.5) is 4.39 Å². The lowest BCUT2D eigenvalue weighted by molar-refractivity contribution is -0.129. The van der Waals surface area contributed by atoms with Gasteiger partial charge in [-0.2, -0.15) is 0 Å². The molecule has 1 N–H and O–H groups in total. The summed E-state index contributed by atoms with van der Waals surface area (Å²) in [6, 6.07) is -0.484. The second kappa shape index (κ2) is 2.77. The third-order valence-electron chi connectivity index (χ3n) is 2.11. The fourth-order valence-electron chi connectivity index (χ4n) is 1.38. The van der Waals surface area contributed by atoms with Gasteiger partial charge in [-0.1, -0.05) is 0 Å². The second-order valence-corrected chi connectivity index (χ2v) is 2.92. The normalized spacial score (nSPS) is 37.8. The van der Waals surface area contributed by atoms with Crippen LogP contribution in [-0.2, 0) is 4.79 Å². The first-order valence-corrected chi connectivity index (χ1v) is 3.63. The zero-order valence-electron chi connectivity index (χ0n) is 6.62. The maximum absolute atomic E-state index is 12.9. The lowest BCUT2D eigenvalue weighted by Crippen LogP contribution is -2.34. The van der Waals surface area contributed by atoms with E-state index >= 15 is 0 Å². The number of rotatable bonds is 0. The number of aliphatic hydroxyl groups excluding tert-OH is 1. The van der Waals surface area contributed by atoms with Crippen molar-refractivity contribution in [3.63, 3.8) is 0 Å². The number of hydrogen-bond donors (Lipinski definition) is 1. The smallest absolute Gasteiger partial charge is 0.219 e. The van der Waals surface area contributed by atoms with Crippen molar-refractivity contribution in [2.45, 2.75) is 32.2 Å². The van der Waals surface area contributed by atoms with Crippen LogP contribution in [0.5, 0.6) is 0 Å². The van der Waals surface area contributed by atoms with Crippen LogP contribution in [0.2, 0.25) is 0 Å². The highest BCUT2D eigenvalue weighted by Crippen LogP contribution is 2.20. The van der Waals surface area contributed by atoms with Gasteiger partial charge in [-0.3, -0.25) is 4.79 Å². The highest BCUT2D eigenvalue weighted by atomic mass is 19.1. The molecule has 1 amide bonds. The van der Waals surface area contributed by atoms with Crippen LogP contribution in [-0.4, -0.2) is 40.8 Å². The molecule has 0 unspecified atom stereocenters. The summed E-state index contributed by atoms with van der Waals surface area (Å²) in [5.41, 5.74) is 0. The van der Waals surface area contributed by atoms with Gasteiger partial charge in [0.05, 0.1) is 6.04 Å². The number of alkyl halides is 1. The number of aliphatic hydroxyl groups is 1. The lowest BCUT2D eigenvalue weighted by Gasteiger charge is -2.18. The molecule has 0 aromatic carbocycles. The van der Waals surface area contributed by atoms with Crippen molar-refractivity contribution in [2.75, 3.05) is 6.54 Å². The van der Waals surface area contributed by atoms with Crippen molar-refractivity contribution in [1.82, 2.24) is 4.90 Å². The molecule has 1 heterocycles. The Kier molecular flexibility index (Phi) is 2.13. The first kappa shape index (κ1) is 8.46. The molecular weight excluding hydrogens is 149 g/mol. The molecule has 0 radical (unpaired) electrons. The van der Waals surface area contributed by atoms with Crippen molar-refractivity contribution >= 4 is 5.91 Å². The van der Waals surface area contributed by atoms with E-state index in [0.717, 1.165) is 0 Å². The summed E-state index contributed by atoms with van der Waals surface area (Å²) in [6.45, 7) is 3.10. The van der Waals surface area contributed by atoms with Gasteiger partial charge in [0.15, 0.2) is 0 Å². The van der Waals surface area contributed by atoms with Crippen LogP contribution in [0, 0.1) is 0 Å². The third-order valence-corrected chi connectivity index (χ3v) is 2.11. The van der Waals surface area contributed by atoms with E-state index in [1.165, 1.54) is 11.8 Å². The van der Waals surface area contributed by atoms with E-state index in [4.69, 9.17) is 5.11 Å². The van der Waals surface area contributed by atoms with Gasteiger partial charge in [-0.15, -0.1) is 0 Å². The average molecular weight is 161 g/mol. The minimum atomic E-state index is -1.29. The Morgan fingerprint density at radius 3 is 2.45 bits per heavy atom. The highest BCUT2D eigenvalue weighted by Gasteiger charge is 2.39. The van der Waals surface area contributed by atoms with Crippen LogP contribution >= 0.6 is 0 Å². The molecule has 0 spiro atoms. The Bertz CT molecular complexity index is 174. The summed E-state index contributed by atoms with van der Waals surface area (Å²) >= 11 is 0. The number of carbonyl (C=O) groups is 1. The zero-order chi connectivity index (χ0) is 8.59. The number of carbonyl (C=O) groups excluding carboxylic acids is 1. The molecule has 1 fully saturated rings. The molecule has 4 heteroatoms. The Hall–Kier alpha value is -0.640. The first-order chi connectivity index (χ1) is 5.04. The molecule has 64 valence electrons. The fraction of sp³-hybridized carbons (Fsp3) is 0.857. The van der Waals surface area contributed by atoms with Crippen LogP contribution < -0.4 is 0 Å². The SMILES string of the molecule is CC(=O)N1C[C@@H](O)[C@@H](F)[C@H]1C. The van der Waals surface area contributed by atoms with Gasteiger partial charge in [0.25, 0.3) is 0 Å². The Morgan fingerprint density at radius 2 is 2.27 bits per heavy atom. The first-order valence-electron chi connectivity index (χ1n) is 3.63. The topological polar surface area (TPSA) is 40.5 Å². The van der Waals surface area contributed by atoms with E-state index in [9.17, 15) is 9.18 Å². The van der Waals surface area contributed by atoms with Crippen LogP contribution in [0.25, 0.3) is 0 Å². The van der Waals surface area contributed by atoms with Crippen LogP contribution in [0.1, 0.15) is 13.8 Å². The van der Waals surface area contributed by atoms with E-state index in [1.54, 1.807) is 6.92 Å². The number of hydrogen-bond acceptors (Lipinski definition) is 2. The number of likely N-dealkylation sites (tertiary alicyclic amines) is 1. The molecule has 0 aromatic heterocycles. The molecule has 11 heavy (non-hydrogen) atoms. The lowest BCUT2D eigenvalue weighted by atomic mass is 10.2. The Morgan fingerprint density at radius 1 is 1.73 bits per heavy atom. The van der Waals surface area contributed by atoms with E-state index < -0.39 is 18.3 Å². The molecule has 0 aromatic rings. The van der Waals surface area contributed by atoms with Crippen molar-refractivity contribution < 1.29 is 14.3 Å². The largest absolute Gasteiger partial charge is 0.388 e. The molecule has 0 aliphatic carbocycles. The van der Waals surface area contributed by atoms with Gasteiger partial charge in [0, 0.05) is 13.5 Å². The van der Waals surface area contributed by atoms with E-state index in [1.807, 2.05) is 0 Å². The predicted octanol–water partition coefficient (Wildman–Crippen LogP) is -0.0640. The number of β-amino-alcohol motifs (C(OH)–C–C–N with tert-alkyl or cyclic N) is 1. The van der Waals surface area contributed by atoms with Gasteiger partial charge >= 0.3 is 0 Å². The summed E-state index contributed by atoms with van der Waals surface area (Å²) in [4.78, 5) is 12.1. The molecule has 1 aliphatic heterocycles. The molecule has 1 rings (SSSR count). The Balaban J connectivity index is 2.67. The van der Waals surface area contributed by atoms with Gasteiger partial charge in [0.2, 0.25) is 5.91 Å². The quantitative estimate of drug-likeness (QED) is 0.540.